The highest BCUT2D eigenvalue weighted by atomic mass is 16.4. The summed E-state index contributed by atoms with van der Waals surface area (Å²) in [6.07, 6.45) is 0.421. The van der Waals surface area contributed by atoms with Gasteiger partial charge in [-0.05, 0) is 24.1 Å². The predicted molar refractivity (Wildman–Crippen MR) is 69.0 cm³/mol. The van der Waals surface area contributed by atoms with Gasteiger partial charge in [-0.3, -0.25) is 4.79 Å². The number of aromatic nitrogens is 3. The third-order valence-electron chi connectivity index (χ3n) is 2.84. The minimum absolute atomic E-state index is 0.0569. The van der Waals surface area contributed by atoms with Crippen molar-refractivity contribution < 1.29 is 19.8 Å². The first-order valence-electron chi connectivity index (χ1n) is 6.02. The lowest BCUT2D eigenvalue weighted by atomic mass is 10.1. The molecule has 1 aromatic heterocycles. The number of rotatable bonds is 5. The number of benzene rings is 1. The Kier molecular flexibility index (Phi) is 3.79. The maximum atomic E-state index is 11.0. The molecule has 20 heavy (non-hydrogen) atoms. The summed E-state index contributed by atoms with van der Waals surface area (Å²) in [5.74, 6) is -2.02. The number of aromatic carboxylic acids is 1. The average molecular weight is 275 g/mol. The van der Waals surface area contributed by atoms with E-state index in [0.717, 1.165) is 0 Å². The molecule has 0 aliphatic rings. The van der Waals surface area contributed by atoms with Gasteiger partial charge in [-0.2, -0.15) is 0 Å². The third kappa shape index (κ3) is 2.66. The Hall–Kier alpha value is -2.70. The van der Waals surface area contributed by atoms with E-state index in [0.29, 0.717) is 23.4 Å². The smallest absolute Gasteiger partial charge is 0.358 e. The van der Waals surface area contributed by atoms with Gasteiger partial charge in [0.25, 0.3) is 0 Å². The lowest BCUT2D eigenvalue weighted by Gasteiger charge is -2.06. The van der Waals surface area contributed by atoms with Crippen molar-refractivity contribution in [1.82, 2.24) is 15.0 Å². The second-order valence-corrected chi connectivity index (χ2v) is 4.19. The summed E-state index contributed by atoms with van der Waals surface area (Å²) in [5.41, 5.74) is 1.75. The molecule has 0 aliphatic heterocycles. The van der Waals surface area contributed by atoms with Crippen LogP contribution in [0.15, 0.2) is 24.3 Å². The van der Waals surface area contributed by atoms with Crippen molar-refractivity contribution in [1.29, 1.82) is 0 Å². The second kappa shape index (κ2) is 5.52. The first-order valence-corrected chi connectivity index (χ1v) is 6.02. The molecule has 0 spiro atoms. The minimum Gasteiger partial charge on any atom is -0.481 e. The van der Waals surface area contributed by atoms with Gasteiger partial charge in [0.15, 0.2) is 5.69 Å². The monoisotopic (exact) mass is 275 g/mol. The van der Waals surface area contributed by atoms with Crippen molar-refractivity contribution >= 4 is 11.9 Å². The maximum absolute atomic E-state index is 11.0. The second-order valence-electron chi connectivity index (χ2n) is 4.19. The van der Waals surface area contributed by atoms with Crippen LogP contribution in [0.25, 0.3) is 5.69 Å². The molecule has 1 heterocycles. The van der Waals surface area contributed by atoms with Gasteiger partial charge in [0.05, 0.1) is 17.8 Å². The fourth-order valence-electron chi connectivity index (χ4n) is 1.92. The number of carbonyl (C=O) groups is 2. The number of nitrogens with zero attached hydrogens (tertiary/aromatic N) is 3. The minimum atomic E-state index is -1.12. The van der Waals surface area contributed by atoms with Gasteiger partial charge < -0.3 is 10.2 Å². The Morgan fingerprint density at radius 3 is 2.35 bits per heavy atom. The van der Waals surface area contributed by atoms with Crippen molar-refractivity contribution in [2.75, 3.05) is 0 Å². The van der Waals surface area contributed by atoms with Gasteiger partial charge >= 0.3 is 11.9 Å². The van der Waals surface area contributed by atoms with Crippen LogP contribution in [-0.4, -0.2) is 37.1 Å². The van der Waals surface area contributed by atoms with E-state index in [2.05, 4.69) is 10.3 Å². The van der Waals surface area contributed by atoms with Gasteiger partial charge in [-0.15, -0.1) is 5.10 Å². The molecular formula is C13H13N3O4. The SMILES string of the molecule is CCc1c(C(=O)O)nnn1-c1ccc(CC(=O)O)cc1. The molecular weight excluding hydrogens is 262 g/mol. The van der Waals surface area contributed by atoms with Crippen LogP contribution in [-0.2, 0) is 17.6 Å². The lowest BCUT2D eigenvalue weighted by molar-refractivity contribution is -0.136. The predicted octanol–water partition coefficient (Wildman–Crippen LogP) is 1.16. The van der Waals surface area contributed by atoms with Crippen molar-refractivity contribution in [2.45, 2.75) is 19.8 Å². The molecule has 7 heteroatoms. The number of carboxylic acids is 2. The van der Waals surface area contributed by atoms with E-state index in [4.69, 9.17) is 10.2 Å². The van der Waals surface area contributed by atoms with Crippen molar-refractivity contribution in [3.63, 3.8) is 0 Å². The van der Waals surface area contributed by atoms with Gasteiger partial charge in [-0.1, -0.05) is 24.3 Å². The quantitative estimate of drug-likeness (QED) is 0.848. The van der Waals surface area contributed by atoms with E-state index in [9.17, 15) is 9.59 Å². The normalized spacial score (nSPS) is 10.4. The fourth-order valence-corrected chi connectivity index (χ4v) is 1.92. The Bertz CT molecular complexity index is 646. The van der Waals surface area contributed by atoms with E-state index in [1.165, 1.54) is 4.68 Å². The summed E-state index contributed by atoms with van der Waals surface area (Å²) in [4.78, 5) is 21.6. The number of aliphatic carboxylic acids is 1. The van der Waals surface area contributed by atoms with E-state index in [1.807, 2.05) is 6.92 Å². The molecule has 0 bridgehead atoms. The molecule has 0 fully saturated rings. The fraction of sp³-hybridized carbons (Fsp3) is 0.231. The molecule has 0 radical (unpaired) electrons. The van der Waals surface area contributed by atoms with Crippen LogP contribution in [0.3, 0.4) is 0 Å². The Labute approximate surface area is 114 Å². The van der Waals surface area contributed by atoms with E-state index in [-0.39, 0.29) is 12.1 Å². The van der Waals surface area contributed by atoms with Crippen molar-refractivity contribution in [2.24, 2.45) is 0 Å². The molecule has 0 saturated heterocycles. The number of carboxylic acid groups (broad SMARTS) is 2. The molecule has 2 rings (SSSR count). The van der Waals surface area contributed by atoms with E-state index in [1.54, 1.807) is 24.3 Å². The third-order valence-corrected chi connectivity index (χ3v) is 2.84. The molecule has 7 nitrogen and oxygen atoms in total. The van der Waals surface area contributed by atoms with Crippen molar-refractivity contribution in [3.8, 4) is 5.69 Å². The topological polar surface area (TPSA) is 105 Å². The molecule has 0 aliphatic carbocycles. The molecule has 2 aromatic rings. The largest absolute Gasteiger partial charge is 0.481 e. The summed E-state index contributed by atoms with van der Waals surface area (Å²) in [6.45, 7) is 1.82. The summed E-state index contributed by atoms with van der Waals surface area (Å²) < 4.78 is 1.45. The standard InChI is InChI=1S/C13H13N3O4/c1-2-10-12(13(19)20)14-15-16(10)9-5-3-8(4-6-9)7-11(17)18/h3-6H,2,7H2,1H3,(H,17,18)(H,19,20). The highest BCUT2D eigenvalue weighted by molar-refractivity contribution is 5.86. The van der Waals surface area contributed by atoms with Gasteiger partial charge in [0.2, 0.25) is 0 Å². The first kappa shape index (κ1) is 13.7. The lowest BCUT2D eigenvalue weighted by Crippen LogP contribution is -2.06. The Morgan fingerprint density at radius 1 is 1.20 bits per heavy atom. The average Bonchev–Trinajstić information content (AvgIpc) is 2.82. The van der Waals surface area contributed by atoms with E-state index < -0.39 is 11.9 Å². The molecule has 0 saturated carbocycles. The molecule has 1 aromatic carbocycles. The molecule has 0 atom stereocenters. The van der Waals surface area contributed by atoms with Crippen LogP contribution in [0, 0.1) is 0 Å². The molecule has 104 valence electrons. The zero-order valence-corrected chi connectivity index (χ0v) is 10.8. The van der Waals surface area contributed by atoms with E-state index >= 15 is 0 Å². The van der Waals surface area contributed by atoms with Crippen molar-refractivity contribution in [3.05, 3.63) is 41.2 Å². The Balaban J connectivity index is 2.37. The zero-order chi connectivity index (χ0) is 14.7. The first-order chi connectivity index (χ1) is 9.52. The number of hydrogen-bond donors (Lipinski definition) is 2. The molecule has 0 amide bonds. The summed E-state index contributed by atoms with van der Waals surface area (Å²) in [7, 11) is 0. The van der Waals surface area contributed by atoms with Crippen LogP contribution < -0.4 is 0 Å². The van der Waals surface area contributed by atoms with Crippen LogP contribution in [0.4, 0.5) is 0 Å². The van der Waals surface area contributed by atoms with Crippen LogP contribution in [0.5, 0.6) is 0 Å². The zero-order valence-electron chi connectivity index (χ0n) is 10.8. The maximum Gasteiger partial charge on any atom is 0.358 e. The van der Waals surface area contributed by atoms with Crippen LogP contribution in [0.1, 0.15) is 28.7 Å². The summed E-state index contributed by atoms with van der Waals surface area (Å²) >= 11 is 0. The number of hydrogen-bond acceptors (Lipinski definition) is 4. The summed E-state index contributed by atoms with van der Waals surface area (Å²) in [6, 6.07) is 6.73. The van der Waals surface area contributed by atoms with Gasteiger partial charge in [-0.25, -0.2) is 9.48 Å². The van der Waals surface area contributed by atoms with Gasteiger partial charge in [0.1, 0.15) is 0 Å². The highest BCUT2D eigenvalue weighted by Crippen LogP contribution is 2.15. The molecule has 0 unspecified atom stereocenters. The van der Waals surface area contributed by atoms with Crippen LogP contribution >= 0.6 is 0 Å². The molecule has 2 N–H and O–H groups in total. The summed E-state index contributed by atoms with van der Waals surface area (Å²) in [5, 5.41) is 25.2. The Morgan fingerprint density at radius 2 is 1.85 bits per heavy atom. The van der Waals surface area contributed by atoms with Crippen LogP contribution in [0.2, 0.25) is 0 Å². The highest BCUT2D eigenvalue weighted by Gasteiger charge is 2.18. The van der Waals surface area contributed by atoms with Gasteiger partial charge in [0, 0.05) is 0 Å².